The predicted octanol–water partition coefficient (Wildman–Crippen LogP) is 2.19. The van der Waals surface area contributed by atoms with Gasteiger partial charge in [-0.15, -0.1) is 0 Å². The van der Waals surface area contributed by atoms with Crippen LogP contribution in [0.3, 0.4) is 0 Å². The van der Waals surface area contributed by atoms with Crippen LogP contribution in [0.2, 0.25) is 0 Å². The number of rotatable bonds is 3. The van der Waals surface area contributed by atoms with Gasteiger partial charge in [-0.1, -0.05) is 36.4 Å². The monoisotopic (exact) mass is 365 g/mol. The maximum Gasteiger partial charge on any atom is 0.437 e. The summed E-state index contributed by atoms with van der Waals surface area (Å²) in [5.74, 6) is -3.05. The van der Waals surface area contributed by atoms with Gasteiger partial charge in [0.05, 0.1) is 11.7 Å². The van der Waals surface area contributed by atoms with E-state index in [9.17, 15) is 27.9 Å². The van der Waals surface area contributed by atoms with Crippen LogP contribution < -0.4 is 10.6 Å². The third-order valence-electron chi connectivity index (χ3n) is 4.15. The topological polar surface area (TPSA) is 91.3 Å². The van der Waals surface area contributed by atoms with Crippen molar-refractivity contribution in [3.63, 3.8) is 0 Å². The number of ketones is 1. The standard InChI is InChI=1S/C17H14F3N3O3/c18-17(19,20)16(26)12(14(24)10-6-2-1-3-7-10)13(22-15(25)23-16)11-8-4-5-9-21-11/h1-9,12-13,26H,(H2,22,23,25)/t12-,13+,16-/m1/s1. The second-order valence-corrected chi connectivity index (χ2v) is 5.80. The number of nitrogens with one attached hydrogen (secondary N) is 2. The number of hydrogen-bond donors (Lipinski definition) is 3. The van der Waals surface area contributed by atoms with E-state index in [4.69, 9.17) is 0 Å². The summed E-state index contributed by atoms with van der Waals surface area (Å²) in [7, 11) is 0. The molecule has 0 aliphatic carbocycles. The van der Waals surface area contributed by atoms with Gasteiger partial charge in [-0.25, -0.2) is 4.79 Å². The van der Waals surface area contributed by atoms with Gasteiger partial charge in [0.25, 0.3) is 0 Å². The van der Waals surface area contributed by atoms with Gasteiger partial charge in [-0.3, -0.25) is 9.78 Å². The first-order chi connectivity index (χ1) is 12.2. The predicted molar refractivity (Wildman–Crippen MR) is 83.9 cm³/mol. The van der Waals surface area contributed by atoms with Crippen LogP contribution in [-0.4, -0.2) is 33.8 Å². The Hall–Kier alpha value is -2.94. The third kappa shape index (κ3) is 3.01. The molecule has 1 aliphatic rings. The summed E-state index contributed by atoms with van der Waals surface area (Å²) in [6, 6.07) is 8.96. The summed E-state index contributed by atoms with van der Waals surface area (Å²) < 4.78 is 40.9. The molecule has 136 valence electrons. The molecule has 3 N–H and O–H groups in total. The van der Waals surface area contributed by atoms with Crippen molar-refractivity contribution in [3.8, 4) is 0 Å². The van der Waals surface area contributed by atoms with E-state index < -0.39 is 35.7 Å². The van der Waals surface area contributed by atoms with Gasteiger partial charge in [-0.2, -0.15) is 13.2 Å². The molecule has 0 saturated carbocycles. The van der Waals surface area contributed by atoms with E-state index in [0.717, 1.165) is 0 Å². The first-order valence-electron chi connectivity index (χ1n) is 7.62. The number of amides is 2. The number of aliphatic hydroxyl groups is 1. The molecule has 0 radical (unpaired) electrons. The number of aromatic nitrogens is 1. The van der Waals surface area contributed by atoms with Crippen LogP contribution in [0.5, 0.6) is 0 Å². The molecule has 1 aromatic carbocycles. The molecule has 6 nitrogen and oxygen atoms in total. The number of alkyl halides is 3. The van der Waals surface area contributed by atoms with Crippen LogP contribution in [0.15, 0.2) is 54.7 Å². The fourth-order valence-corrected chi connectivity index (χ4v) is 2.93. The second kappa shape index (κ2) is 6.41. The molecule has 3 rings (SSSR count). The van der Waals surface area contributed by atoms with Gasteiger partial charge < -0.3 is 15.7 Å². The minimum absolute atomic E-state index is 0.0271. The summed E-state index contributed by atoms with van der Waals surface area (Å²) in [5, 5.41) is 14.1. The van der Waals surface area contributed by atoms with Crippen molar-refractivity contribution in [2.45, 2.75) is 17.9 Å². The first kappa shape index (κ1) is 17.9. The minimum atomic E-state index is -5.28. The number of nitrogens with zero attached hydrogens (tertiary/aromatic N) is 1. The number of halogens is 3. The molecule has 0 spiro atoms. The molecule has 1 aliphatic heterocycles. The number of urea groups is 1. The number of Topliss-reactive ketones (excluding diaryl/α,β-unsaturated/α-hetero) is 1. The van der Waals surface area contributed by atoms with Crippen LogP contribution >= 0.6 is 0 Å². The fourth-order valence-electron chi connectivity index (χ4n) is 2.93. The lowest BCUT2D eigenvalue weighted by molar-refractivity contribution is -0.287. The van der Waals surface area contributed by atoms with E-state index in [1.807, 2.05) is 0 Å². The molecule has 26 heavy (non-hydrogen) atoms. The molecule has 0 unspecified atom stereocenters. The first-order valence-corrected chi connectivity index (χ1v) is 7.62. The van der Waals surface area contributed by atoms with E-state index in [0.29, 0.717) is 0 Å². The molecule has 1 aromatic heterocycles. The molecule has 0 bridgehead atoms. The fraction of sp³-hybridized carbons (Fsp3) is 0.235. The van der Waals surface area contributed by atoms with E-state index >= 15 is 0 Å². The average Bonchev–Trinajstić information content (AvgIpc) is 2.61. The Morgan fingerprint density at radius 3 is 2.35 bits per heavy atom. The van der Waals surface area contributed by atoms with E-state index in [1.54, 1.807) is 6.07 Å². The molecular formula is C17H14F3N3O3. The van der Waals surface area contributed by atoms with Gasteiger partial charge in [0.1, 0.15) is 5.92 Å². The van der Waals surface area contributed by atoms with Crippen LogP contribution in [0.25, 0.3) is 0 Å². The lowest BCUT2D eigenvalue weighted by Gasteiger charge is -2.44. The largest absolute Gasteiger partial charge is 0.437 e. The third-order valence-corrected chi connectivity index (χ3v) is 4.15. The number of hydrogen-bond acceptors (Lipinski definition) is 4. The number of pyridine rings is 1. The minimum Gasteiger partial charge on any atom is -0.363 e. The van der Waals surface area contributed by atoms with Crippen molar-refractivity contribution >= 4 is 11.8 Å². The SMILES string of the molecule is O=C1N[C@@H](c2ccccn2)[C@H](C(=O)c2ccccc2)[C@@](O)(C(F)(F)F)N1. The highest BCUT2D eigenvalue weighted by atomic mass is 19.4. The molecule has 9 heteroatoms. The van der Waals surface area contributed by atoms with Gasteiger partial charge in [0.2, 0.25) is 5.72 Å². The van der Waals surface area contributed by atoms with Crippen LogP contribution in [0.4, 0.5) is 18.0 Å². The maximum absolute atomic E-state index is 13.6. The molecule has 2 heterocycles. The lowest BCUT2D eigenvalue weighted by Crippen LogP contribution is -2.72. The molecule has 2 aromatic rings. The van der Waals surface area contributed by atoms with Crippen LogP contribution in [0.1, 0.15) is 22.1 Å². The summed E-state index contributed by atoms with van der Waals surface area (Å²) in [4.78, 5) is 28.6. The molecule has 1 saturated heterocycles. The van der Waals surface area contributed by atoms with Crippen LogP contribution in [0, 0.1) is 5.92 Å². The smallest absolute Gasteiger partial charge is 0.363 e. The zero-order chi connectivity index (χ0) is 18.9. The Balaban J connectivity index is 2.15. The summed E-state index contributed by atoms with van der Waals surface area (Å²) in [6.45, 7) is 0. The normalized spacial score (nSPS) is 25.9. The van der Waals surface area contributed by atoms with Crippen molar-refractivity contribution in [1.82, 2.24) is 15.6 Å². The highest BCUT2D eigenvalue weighted by Gasteiger charge is 2.66. The summed E-state index contributed by atoms with van der Waals surface area (Å²) >= 11 is 0. The zero-order valence-corrected chi connectivity index (χ0v) is 13.2. The lowest BCUT2D eigenvalue weighted by atomic mass is 9.78. The highest BCUT2D eigenvalue weighted by molar-refractivity contribution is 6.00. The van der Waals surface area contributed by atoms with Crippen molar-refractivity contribution < 1.29 is 27.9 Å². The number of carbonyl (C=O) groups is 2. The zero-order valence-electron chi connectivity index (χ0n) is 13.2. The second-order valence-electron chi connectivity index (χ2n) is 5.80. The average molecular weight is 365 g/mol. The quantitative estimate of drug-likeness (QED) is 0.727. The van der Waals surface area contributed by atoms with E-state index in [2.05, 4.69) is 10.3 Å². The van der Waals surface area contributed by atoms with Gasteiger partial charge in [0.15, 0.2) is 5.78 Å². The molecule has 1 fully saturated rings. The summed E-state index contributed by atoms with van der Waals surface area (Å²) in [5.41, 5.74) is -3.75. The van der Waals surface area contributed by atoms with Crippen LogP contribution in [-0.2, 0) is 0 Å². The molecule has 2 amide bonds. The van der Waals surface area contributed by atoms with Crippen molar-refractivity contribution in [2.24, 2.45) is 5.92 Å². The van der Waals surface area contributed by atoms with E-state index in [-0.39, 0.29) is 11.3 Å². The number of benzene rings is 1. The van der Waals surface area contributed by atoms with E-state index in [1.165, 1.54) is 54.0 Å². The Morgan fingerprint density at radius 2 is 1.77 bits per heavy atom. The summed E-state index contributed by atoms with van der Waals surface area (Å²) in [6.07, 6.45) is -3.97. The Labute approximate surface area is 146 Å². The molecule has 3 atom stereocenters. The van der Waals surface area contributed by atoms with Crippen molar-refractivity contribution in [2.75, 3.05) is 0 Å². The van der Waals surface area contributed by atoms with Gasteiger partial charge >= 0.3 is 12.2 Å². The Bertz CT molecular complexity index is 814. The Morgan fingerprint density at radius 1 is 1.12 bits per heavy atom. The Kier molecular flexibility index (Phi) is 4.41. The van der Waals surface area contributed by atoms with Crippen molar-refractivity contribution in [1.29, 1.82) is 0 Å². The van der Waals surface area contributed by atoms with Crippen molar-refractivity contribution in [3.05, 3.63) is 66.0 Å². The highest BCUT2D eigenvalue weighted by Crippen LogP contribution is 2.43. The maximum atomic E-state index is 13.6. The number of carbonyl (C=O) groups excluding carboxylic acids is 2. The molecular weight excluding hydrogens is 351 g/mol. The van der Waals surface area contributed by atoms with Gasteiger partial charge in [0, 0.05) is 11.8 Å². The van der Waals surface area contributed by atoms with Gasteiger partial charge in [-0.05, 0) is 12.1 Å².